The van der Waals surface area contributed by atoms with Gasteiger partial charge in [-0.3, -0.25) is 9.59 Å². The molecule has 0 spiro atoms. The molecule has 0 aliphatic carbocycles. The van der Waals surface area contributed by atoms with Gasteiger partial charge in [-0.25, -0.2) is 0 Å². The number of carboxylic acids is 1. The van der Waals surface area contributed by atoms with E-state index in [0.717, 1.165) is 16.7 Å². The summed E-state index contributed by atoms with van der Waals surface area (Å²) in [7, 11) is 0. The number of carbonyl (C=O) groups is 2. The number of Topliss-reactive ketones (excluding diaryl/α,β-unsaturated/α-hetero) is 1. The molecule has 0 aliphatic rings. The van der Waals surface area contributed by atoms with Crippen LogP contribution in [0.4, 0.5) is 0 Å². The van der Waals surface area contributed by atoms with E-state index in [1.807, 2.05) is 32.0 Å². The van der Waals surface area contributed by atoms with Crippen LogP contribution in [-0.2, 0) is 4.79 Å². The summed E-state index contributed by atoms with van der Waals surface area (Å²) in [6.45, 7) is 4.71. The lowest BCUT2D eigenvalue weighted by molar-refractivity contribution is -0.137. The fourth-order valence-corrected chi connectivity index (χ4v) is 1.79. The lowest BCUT2D eigenvalue weighted by atomic mass is 10.0. The summed E-state index contributed by atoms with van der Waals surface area (Å²) >= 11 is 0. The summed E-state index contributed by atoms with van der Waals surface area (Å²) in [4.78, 5) is 22.2. The second-order valence-corrected chi connectivity index (χ2v) is 4.42. The van der Waals surface area contributed by atoms with Gasteiger partial charge in [-0.2, -0.15) is 0 Å². The van der Waals surface area contributed by atoms with E-state index in [1.54, 1.807) is 0 Å². The molecule has 0 aromatic heterocycles. The summed E-state index contributed by atoms with van der Waals surface area (Å²) in [6.07, 6.45) is 0.667. The Morgan fingerprint density at radius 1 is 1.28 bits per heavy atom. The molecule has 0 aliphatic heterocycles. The normalized spacial score (nSPS) is 10.3. The maximum atomic E-state index is 11.9. The van der Waals surface area contributed by atoms with Gasteiger partial charge in [0.1, 0.15) is 0 Å². The quantitative estimate of drug-likeness (QED) is 0.572. The van der Waals surface area contributed by atoms with Crippen molar-refractivity contribution in [1.82, 2.24) is 5.32 Å². The molecular weight excluding hydrogens is 230 g/mol. The zero-order valence-electron chi connectivity index (χ0n) is 10.8. The Morgan fingerprint density at radius 2 is 2.00 bits per heavy atom. The van der Waals surface area contributed by atoms with E-state index < -0.39 is 5.97 Å². The predicted octanol–water partition coefficient (Wildman–Crippen LogP) is 1.94. The standard InChI is InChI=1S/C14H19NO3/c1-10-5-6-12(11(2)8-10)13(16)9-15-7-3-4-14(17)18/h5-6,8,15H,3-4,7,9H2,1-2H3,(H,17,18). The molecule has 0 unspecified atom stereocenters. The minimum Gasteiger partial charge on any atom is -0.481 e. The van der Waals surface area contributed by atoms with Crippen LogP contribution in [0, 0.1) is 13.8 Å². The number of benzene rings is 1. The molecule has 0 radical (unpaired) electrons. The Kier molecular flexibility index (Phi) is 5.52. The highest BCUT2D eigenvalue weighted by atomic mass is 16.4. The first kappa shape index (κ1) is 14.4. The molecule has 0 saturated carbocycles. The Balaban J connectivity index is 2.39. The zero-order chi connectivity index (χ0) is 13.5. The van der Waals surface area contributed by atoms with Crippen molar-refractivity contribution in [2.24, 2.45) is 0 Å². The van der Waals surface area contributed by atoms with E-state index in [2.05, 4.69) is 5.32 Å². The van der Waals surface area contributed by atoms with Crippen molar-refractivity contribution in [3.8, 4) is 0 Å². The molecule has 1 aromatic carbocycles. The summed E-state index contributed by atoms with van der Waals surface area (Å²) in [5.41, 5.74) is 2.84. The molecule has 0 atom stereocenters. The van der Waals surface area contributed by atoms with Gasteiger partial charge in [0.15, 0.2) is 5.78 Å². The molecule has 0 fully saturated rings. The van der Waals surface area contributed by atoms with Gasteiger partial charge < -0.3 is 10.4 Å². The number of hydrogen-bond donors (Lipinski definition) is 2. The first-order valence-electron chi connectivity index (χ1n) is 6.03. The van der Waals surface area contributed by atoms with E-state index in [-0.39, 0.29) is 18.7 Å². The van der Waals surface area contributed by atoms with Gasteiger partial charge in [0.25, 0.3) is 0 Å². The molecule has 0 heterocycles. The van der Waals surface area contributed by atoms with E-state index in [0.29, 0.717) is 13.0 Å². The second kappa shape index (κ2) is 6.91. The molecule has 0 amide bonds. The molecule has 0 saturated heterocycles. The van der Waals surface area contributed by atoms with Crippen LogP contribution in [0.25, 0.3) is 0 Å². The molecular formula is C14H19NO3. The van der Waals surface area contributed by atoms with E-state index in [9.17, 15) is 9.59 Å². The fourth-order valence-electron chi connectivity index (χ4n) is 1.79. The van der Waals surface area contributed by atoms with Crippen molar-refractivity contribution < 1.29 is 14.7 Å². The van der Waals surface area contributed by atoms with E-state index in [1.165, 1.54) is 0 Å². The predicted molar refractivity (Wildman–Crippen MR) is 70.0 cm³/mol. The van der Waals surface area contributed by atoms with Crippen molar-refractivity contribution in [3.63, 3.8) is 0 Å². The van der Waals surface area contributed by atoms with Gasteiger partial charge in [0, 0.05) is 12.0 Å². The highest BCUT2D eigenvalue weighted by Crippen LogP contribution is 2.10. The van der Waals surface area contributed by atoms with Crippen LogP contribution in [0.5, 0.6) is 0 Å². The Labute approximate surface area is 107 Å². The second-order valence-electron chi connectivity index (χ2n) is 4.42. The number of carboxylic acid groups (broad SMARTS) is 1. The molecule has 98 valence electrons. The van der Waals surface area contributed by atoms with Gasteiger partial charge in [-0.15, -0.1) is 0 Å². The van der Waals surface area contributed by atoms with Gasteiger partial charge in [0.05, 0.1) is 6.54 Å². The molecule has 1 aromatic rings. The van der Waals surface area contributed by atoms with Gasteiger partial charge in [0.2, 0.25) is 0 Å². The number of hydrogen-bond acceptors (Lipinski definition) is 3. The summed E-state index contributed by atoms with van der Waals surface area (Å²) in [5, 5.41) is 11.4. The number of aliphatic carboxylic acids is 1. The first-order chi connectivity index (χ1) is 8.50. The van der Waals surface area contributed by atoms with Crippen LogP contribution >= 0.6 is 0 Å². The van der Waals surface area contributed by atoms with Gasteiger partial charge in [-0.05, 0) is 32.4 Å². The van der Waals surface area contributed by atoms with Gasteiger partial charge in [-0.1, -0.05) is 23.8 Å². The highest BCUT2D eigenvalue weighted by molar-refractivity contribution is 5.98. The van der Waals surface area contributed by atoms with Crippen LogP contribution in [0.2, 0.25) is 0 Å². The van der Waals surface area contributed by atoms with E-state index >= 15 is 0 Å². The Morgan fingerprint density at radius 3 is 2.61 bits per heavy atom. The number of rotatable bonds is 7. The number of aryl methyl sites for hydroxylation is 2. The minimum absolute atomic E-state index is 0.0443. The Bertz CT molecular complexity index is 441. The molecule has 2 N–H and O–H groups in total. The van der Waals surface area contributed by atoms with Crippen molar-refractivity contribution in [2.45, 2.75) is 26.7 Å². The van der Waals surface area contributed by atoms with Gasteiger partial charge >= 0.3 is 5.97 Å². The number of nitrogens with one attached hydrogen (secondary N) is 1. The SMILES string of the molecule is Cc1ccc(C(=O)CNCCCC(=O)O)c(C)c1. The van der Waals surface area contributed by atoms with Crippen LogP contribution in [0.1, 0.15) is 34.3 Å². The maximum Gasteiger partial charge on any atom is 0.303 e. The number of ketones is 1. The maximum absolute atomic E-state index is 11.9. The molecule has 0 bridgehead atoms. The van der Waals surface area contributed by atoms with Crippen LogP contribution in [0.3, 0.4) is 0 Å². The third-order valence-electron chi connectivity index (χ3n) is 2.71. The molecule has 1 rings (SSSR count). The summed E-state index contributed by atoms with van der Waals surface area (Å²) in [5.74, 6) is -0.764. The van der Waals surface area contributed by atoms with E-state index in [4.69, 9.17) is 5.11 Å². The zero-order valence-corrected chi connectivity index (χ0v) is 10.8. The molecule has 4 heteroatoms. The highest BCUT2D eigenvalue weighted by Gasteiger charge is 2.08. The average molecular weight is 249 g/mol. The van der Waals surface area contributed by atoms with Crippen LogP contribution < -0.4 is 5.32 Å². The molecule has 18 heavy (non-hydrogen) atoms. The fraction of sp³-hybridized carbons (Fsp3) is 0.429. The first-order valence-corrected chi connectivity index (χ1v) is 6.03. The lowest BCUT2D eigenvalue weighted by Crippen LogP contribution is -2.25. The van der Waals surface area contributed by atoms with Crippen molar-refractivity contribution in [2.75, 3.05) is 13.1 Å². The number of carbonyl (C=O) groups excluding carboxylic acids is 1. The summed E-state index contributed by atoms with van der Waals surface area (Å²) < 4.78 is 0. The van der Waals surface area contributed by atoms with Crippen molar-refractivity contribution in [1.29, 1.82) is 0 Å². The Hall–Kier alpha value is -1.68. The van der Waals surface area contributed by atoms with Crippen LogP contribution in [0.15, 0.2) is 18.2 Å². The smallest absolute Gasteiger partial charge is 0.303 e. The minimum atomic E-state index is -0.808. The van der Waals surface area contributed by atoms with Crippen LogP contribution in [-0.4, -0.2) is 29.9 Å². The topological polar surface area (TPSA) is 66.4 Å². The van der Waals surface area contributed by atoms with Crippen molar-refractivity contribution in [3.05, 3.63) is 34.9 Å². The third-order valence-corrected chi connectivity index (χ3v) is 2.71. The van der Waals surface area contributed by atoms with Crippen molar-refractivity contribution >= 4 is 11.8 Å². The average Bonchev–Trinajstić information content (AvgIpc) is 2.27. The third kappa shape index (κ3) is 4.67. The lowest BCUT2D eigenvalue weighted by Gasteiger charge is -2.07. The molecule has 4 nitrogen and oxygen atoms in total. The largest absolute Gasteiger partial charge is 0.481 e. The monoisotopic (exact) mass is 249 g/mol. The summed E-state index contributed by atoms with van der Waals surface area (Å²) in [6, 6.07) is 5.74.